The van der Waals surface area contributed by atoms with Gasteiger partial charge in [-0.25, -0.2) is 0 Å². The van der Waals surface area contributed by atoms with Gasteiger partial charge >= 0.3 is 8.60 Å². The van der Waals surface area contributed by atoms with Gasteiger partial charge in [0.15, 0.2) is 0 Å². The van der Waals surface area contributed by atoms with Crippen LogP contribution < -0.4 is 0 Å². The zero-order valence-corrected chi connectivity index (χ0v) is 16.8. The summed E-state index contributed by atoms with van der Waals surface area (Å²) < 4.78 is 46.3. The van der Waals surface area contributed by atoms with Crippen LogP contribution in [-0.4, -0.2) is 28.2 Å². The second kappa shape index (κ2) is 9.73. The third kappa shape index (κ3) is 6.35. The van der Waals surface area contributed by atoms with Gasteiger partial charge in [-0.15, -0.1) is 0 Å². The molecule has 0 spiro atoms. The minimum absolute atomic E-state index is 0.0808. The topological polar surface area (TPSA) is 71.1 Å². The number of benzene rings is 2. The van der Waals surface area contributed by atoms with Crippen LogP contribution in [-0.2, 0) is 34.5 Å². The van der Waals surface area contributed by atoms with Gasteiger partial charge in [-0.3, -0.25) is 4.18 Å². The highest BCUT2D eigenvalue weighted by Gasteiger charge is 2.25. The summed E-state index contributed by atoms with van der Waals surface area (Å²) in [5.41, 5.74) is 2.06. The molecule has 1 aliphatic rings. The summed E-state index contributed by atoms with van der Waals surface area (Å²) in [7, 11) is -5.09. The lowest BCUT2D eigenvalue weighted by Crippen LogP contribution is -2.22. The highest BCUT2D eigenvalue weighted by Crippen LogP contribution is 2.44. The lowest BCUT2D eigenvalue weighted by molar-refractivity contribution is 0.0602. The van der Waals surface area contributed by atoms with Crippen molar-refractivity contribution in [1.82, 2.24) is 0 Å². The molecule has 1 saturated heterocycles. The van der Waals surface area contributed by atoms with Gasteiger partial charge in [0.2, 0.25) is 0 Å². The van der Waals surface area contributed by atoms with Gasteiger partial charge in [0.1, 0.15) is 0 Å². The Labute approximate surface area is 161 Å². The smallest absolute Gasteiger partial charge is 0.312 e. The lowest BCUT2D eigenvalue weighted by Gasteiger charge is -2.27. The fraction of sp³-hybridized carbons (Fsp3) is 0.368. The minimum atomic E-state index is -3.73. The summed E-state index contributed by atoms with van der Waals surface area (Å²) in [5.74, 6) is 0.0808. The molecule has 3 rings (SSSR count). The van der Waals surface area contributed by atoms with Crippen molar-refractivity contribution in [2.75, 3.05) is 19.8 Å². The van der Waals surface area contributed by atoms with Crippen molar-refractivity contribution in [2.24, 2.45) is 5.92 Å². The van der Waals surface area contributed by atoms with Crippen molar-refractivity contribution in [3.8, 4) is 0 Å². The third-order valence-electron chi connectivity index (χ3n) is 4.08. The predicted octanol–water partition coefficient (Wildman–Crippen LogP) is 4.20. The van der Waals surface area contributed by atoms with Crippen LogP contribution in [0, 0.1) is 12.8 Å². The maximum absolute atomic E-state index is 12.2. The van der Waals surface area contributed by atoms with Gasteiger partial charge < -0.3 is 13.6 Å². The molecule has 2 aromatic rings. The van der Waals surface area contributed by atoms with E-state index >= 15 is 0 Å². The number of rotatable bonds is 8. The van der Waals surface area contributed by atoms with Crippen molar-refractivity contribution < 1.29 is 26.2 Å². The molecule has 2 aromatic carbocycles. The van der Waals surface area contributed by atoms with E-state index in [1.807, 2.05) is 37.3 Å². The molecule has 1 fully saturated rings. The van der Waals surface area contributed by atoms with Crippen molar-refractivity contribution in [3.63, 3.8) is 0 Å². The SMILES string of the molecule is Cc1ccc(S(=O)(=O)OCCC2COP(OCc3ccccc3)OC2)cc1. The summed E-state index contributed by atoms with van der Waals surface area (Å²) in [4.78, 5) is 0.169. The average Bonchev–Trinajstić information content (AvgIpc) is 2.68. The van der Waals surface area contributed by atoms with E-state index in [1.54, 1.807) is 24.3 Å². The zero-order valence-electron chi connectivity index (χ0n) is 15.1. The Kier molecular flexibility index (Phi) is 7.35. The first-order chi connectivity index (χ1) is 13.0. The molecule has 0 N–H and O–H groups in total. The van der Waals surface area contributed by atoms with E-state index in [1.165, 1.54) is 0 Å². The first kappa shape index (κ1) is 20.4. The Balaban J connectivity index is 1.36. The third-order valence-corrected chi connectivity index (χ3v) is 6.47. The molecule has 1 aliphatic heterocycles. The van der Waals surface area contributed by atoms with Gasteiger partial charge in [0, 0.05) is 5.92 Å². The molecule has 0 amide bonds. The molecule has 8 heteroatoms. The fourth-order valence-electron chi connectivity index (χ4n) is 2.46. The van der Waals surface area contributed by atoms with E-state index < -0.39 is 18.7 Å². The van der Waals surface area contributed by atoms with E-state index in [9.17, 15) is 8.42 Å². The molecule has 1 heterocycles. The van der Waals surface area contributed by atoms with Crippen LogP contribution in [0.1, 0.15) is 17.5 Å². The maximum atomic E-state index is 12.2. The summed E-state index contributed by atoms with van der Waals surface area (Å²) in [6.45, 7) is 3.37. The van der Waals surface area contributed by atoms with Gasteiger partial charge in [-0.2, -0.15) is 8.42 Å². The van der Waals surface area contributed by atoms with Crippen LogP contribution in [0.25, 0.3) is 0 Å². The Morgan fingerprint density at radius 3 is 2.37 bits per heavy atom. The zero-order chi connectivity index (χ0) is 19.1. The van der Waals surface area contributed by atoms with Crippen molar-refractivity contribution in [3.05, 3.63) is 65.7 Å². The minimum Gasteiger partial charge on any atom is -0.312 e. The monoisotopic (exact) mass is 410 g/mol. The Morgan fingerprint density at radius 2 is 1.70 bits per heavy atom. The van der Waals surface area contributed by atoms with Gasteiger partial charge in [0.05, 0.1) is 31.3 Å². The second-order valence-corrected chi connectivity index (χ2v) is 9.16. The highest BCUT2D eigenvalue weighted by molar-refractivity contribution is 7.86. The molecule has 0 aromatic heterocycles. The molecule has 146 valence electrons. The molecule has 0 unspecified atom stereocenters. The number of aryl methyl sites for hydroxylation is 1. The molecule has 27 heavy (non-hydrogen) atoms. The molecular weight excluding hydrogens is 387 g/mol. The fourth-order valence-corrected chi connectivity index (χ4v) is 4.52. The van der Waals surface area contributed by atoms with Crippen LogP contribution >= 0.6 is 8.60 Å². The Morgan fingerprint density at radius 1 is 1.04 bits per heavy atom. The van der Waals surface area contributed by atoms with E-state index in [0.29, 0.717) is 26.2 Å². The number of hydrogen-bond donors (Lipinski definition) is 0. The van der Waals surface area contributed by atoms with Crippen LogP contribution in [0.2, 0.25) is 0 Å². The van der Waals surface area contributed by atoms with Gasteiger partial charge in [-0.05, 0) is 31.0 Å². The van der Waals surface area contributed by atoms with Crippen LogP contribution in [0.4, 0.5) is 0 Å². The Bertz CT molecular complexity index is 802. The molecule has 0 aliphatic carbocycles. The van der Waals surface area contributed by atoms with E-state index in [4.69, 9.17) is 17.8 Å². The summed E-state index contributed by atoms with van der Waals surface area (Å²) in [6.07, 6.45) is 0.535. The Hall–Kier alpha value is -1.34. The maximum Gasteiger partial charge on any atom is 0.333 e. The molecular formula is C19H23O6PS. The second-order valence-electron chi connectivity index (χ2n) is 6.32. The quantitative estimate of drug-likeness (QED) is 0.480. The predicted molar refractivity (Wildman–Crippen MR) is 102 cm³/mol. The van der Waals surface area contributed by atoms with Gasteiger partial charge in [-0.1, -0.05) is 48.0 Å². The highest BCUT2D eigenvalue weighted by atomic mass is 32.2. The molecule has 0 bridgehead atoms. The van der Waals surface area contributed by atoms with Crippen LogP contribution in [0.5, 0.6) is 0 Å². The molecule has 6 nitrogen and oxygen atoms in total. The molecule has 0 atom stereocenters. The van der Waals surface area contributed by atoms with Crippen molar-refractivity contribution in [2.45, 2.75) is 24.8 Å². The summed E-state index contributed by atoms with van der Waals surface area (Å²) >= 11 is 0. The van der Waals surface area contributed by atoms with Crippen LogP contribution in [0.15, 0.2) is 59.5 Å². The molecule has 0 radical (unpaired) electrons. The van der Waals surface area contributed by atoms with Gasteiger partial charge in [0.25, 0.3) is 10.1 Å². The number of hydrogen-bond acceptors (Lipinski definition) is 6. The molecule has 0 saturated carbocycles. The summed E-state index contributed by atoms with van der Waals surface area (Å²) in [5, 5.41) is 0. The van der Waals surface area contributed by atoms with E-state index in [0.717, 1.165) is 11.1 Å². The van der Waals surface area contributed by atoms with E-state index in [-0.39, 0.29) is 17.4 Å². The van der Waals surface area contributed by atoms with Crippen molar-refractivity contribution in [1.29, 1.82) is 0 Å². The normalized spacial score (nSPS) is 20.5. The first-order valence-corrected chi connectivity index (χ1v) is 11.2. The first-order valence-electron chi connectivity index (χ1n) is 8.72. The largest absolute Gasteiger partial charge is 0.333 e. The summed E-state index contributed by atoms with van der Waals surface area (Å²) in [6, 6.07) is 16.4. The average molecular weight is 410 g/mol. The van der Waals surface area contributed by atoms with E-state index in [2.05, 4.69) is 0 Å². The lowest BCUT2D eigenvalue weighted by atomic mass is 10.1. The van der Waals surface area contributed by atoms with Crippen LogP contribution in [0.3, 0.4) is 0 Å². The van der Waals surface area contributed by atoms with Crippen molar-refractivity contribution >= 4 is 18.7 Å². The standard InChI is InChI=1S/C19H23O6PS/c1-16-7-9-19(10-8-16)27(20,21)25-12-11-18-14-23-26(24-15-18)22-13-17-5-3-2-4-6-17/h2-10,18H,11-15H2,1H3.